The first kappa shape index (κ1) is 22.5. The fraction of sp³-hybridized carbons (Fsp3) is 0.400. The van der Waals surface area contributed by atoms with Gasteiger partial charge in [-0.05, 0) is 43.2 Å². The Bertz CT molecular complexity index is 817. The number of aliphatic imine (C=N–C) groups is 1. The molecule has 0 saturated carbocycles. The smallest absolute Gasteiger partial charge is 0.191 e. The van der Waals surface area contributed by atoms with Crippen LogP contribution in [0, 0.1) is 6.92 Å². The highest BCUT2D eigenvalue weighted by Crippen LogP contribution is 2.33. The molecule has 28 heavy (non-hydrogen) atoms. The lowest BCUT2D eigenvalue weighted by Gasteiger charge is -2.22. The van der Waals surface area contributed by atoms with Crippen LogP contribution in [-0.4, -0.2) is 44.2 Å². The zero-order valence-electron chi connectivity index (χ0n) is 16.4. The van der Waals surface area contributed by atoms with E-state index in [4.69, 9.17) is 16.3 Å². The van der Waals surface area contributed by atoms with E-state index in [2.05, 4.69) is 38.5 Å². The number of anilines is 1. The number of benzene rings is 1. The number of hydrogen-bond donors (Lipinski definition) is 2. The summed E-state index contributed by atoms with van der Waals surface area (Å²) in [6, 6.07) is 10.0. The van der Waals surface area contributed by atoms with Crippen LogP contribution in [0.5, 0.6) is 5.75 Å². The molecule has 0 radical (unpaired) electrons. The van der Waals surface area contributed by atoms with E-state index in [1.54, 1.807) is 14.2 Å². The molecule has 0 aliphatic carbocycles. The van der Waals surface area contributed by atoms with Crippen LogP contribution in [0.15, 0.2) is 41.5 Å². The van der Waals surface area contributed by atoms with Gasteiger partial charge < -0.3 is 20.3 Å². The van der Waals surface area contributed by atoms with Crippen LogP contribution in [0.25, 0.3) is 0 Å². The highest BCUT2D eigenvalue weighted by molar-refractivity contribution is 14.0. The van der Waals surface area contributed by atoms with Crippen LogP contribution in [0.4, 0.5) is 5.69 Å². The number of halogens is 2. The van der Waals surface area contributed by atoms with E-state index < -0.39 is 0 Å². The summed E-state index contributed by atoms with van der Waals surface area (Å²) in [6.07, 6.45) is 2.83. The van der Waals surface area contributed by atoms with Gasteiger partial charge in [-0.2, -0.15) is 0 Å². The molecule has 1 atom stereocenters. The van der Waals surface area contributed by atoms with Crippen molar-refractivity contribution in [1.29, 1.82) is 0 Å². The molecule has 6 nitrogen and oxygen atoms in total. The molecule has 0 spiro atoms. The lowest BCUT2D eigenvalue weighted by atomic mass is 10.2. The van der Waals surface area contributed by atoms with Crippen LogP contribution >= 0.6 is 35.6 Å². The molecule has 8 heteroatoms. The summed E-state index contributed by atoms with van der Waals surface area (Å²) < 4.78 is 5.49. The van der Waals surface area contributed by atoms with Crippen molar-refractivity contribution in [3.05, 3.63) is 52.8 Å². The van der Waals surface area contributed by atoms with Crippen LogP contribution in [0.1, 0.15) is 17.7 Å². The first-order chi connectivity index (χ1) is 13.1. The maximum absolute atomic E-state index is 6.17. The molecule has 2 N–H and O–H groups in total. The van der Waals surface area contributed by atoms with E-state index in [0.717, 1.165) is 42.6 Å². The van der Waals surface area contributed by atoms with Crippen molar-refractivity contribution < 1.29 is 4.74 Å². The van der Waals surface area contributed by atoms with Gasteiger partial charge in [-0.15, -0.1) is 24.0 Å². The fourth-order valence-corrected chi connectivity index (χ4v) is 3.43. The minimum Gasteiger partial charge on any atom is -0.495 e. The Morgan fingerprint density at radius 3 is 2.93 bits per heavy atom. The topological polar surface area (TPSA) is 61.8 Å². The quantitative estimate of drug-likeness (QED) is 0.362. The maximum atomic E-state index is 6.17. The van der Waals surface area contributed by atoms with Gasteiger partial charge in [0.1, 0.15) is 5.75 Å². The van der Waals surface area contributed by atoms with Gasteiger partial charge >= 0.3 is 0 Å². The standard InChI is InChI=1S/C20H26ClN5O.HI/c1-14-5-4-9-23-17(14)12-24-20(22-2)25-16-8-10-26(13-16)18-11-15(21)6-7-19(18)27-3;/h4-7,9,11,16H,8,10,12-13H2,1-3H3,(H2,22,24,25);1H. The third kappa shape index (κ3) is 5.64. The van der Waals surface area contributed by atoms with E-state index in [-0.39, 0.29) is 24.0 Å². The molecule has 2 aromatic rings. The molecule has 1 aromatic carbocycles. The van der Waals surface area contributed by atoms with E-state index >= 15 is 0 Å². The summed E-state index contributed by atoms with van der Waals surface area (Å²) >= 11 is 6.17. The normalized spacial score (nSPS) is 16.5. The van der Waals surface area contributed by atoms with Crippen molar-refractivity contribution in [2.24, 2.45) is 4.99 Å². The van der Waals surface area contributed by atoms with Crippen LogP contribution < -0.4 is 20.3 Å². The van der Waals surface area contributed by atoms with Gasteiger partial charge in [0.2, 0.25) is 0 Å². The molecule has 0 amide bonds. The Morgan fingerprint density at radius 2 is 2.21 bits per heavy atom. The summed E-state index contributed by atoms with van der Waals surface area (Å²) in [4.78, 5) is 11.0. The van der Waals surface area contributed by atoms with Gasteiger partial charge in [-0.25, -0.2) is 0 Å². The van der Waals surface area contributed by atoms with Crippen molar-refractivity contribution in [1.82, 2.24) is 15.6 Å². The predicted molar refractivity (Wildman–Crippen MR) is 126 cm³/mol. The Balaban J connectivity index is 0.00000280. The molecule has 1 unspecified atom stereocenters. The maximum Gasteiger partial charge on any atom is 0.191 e. The summed E-state index contributed by atoms with van der Waals surface area (Å²) in [5.41, 5.74) is 3.22. The summed E-state index contributed by atoms with van der Waals surface area (Å²) in [7, 11) is 3.47. The average molecular weight is 516 g/mol. The summed E-state index contributed by atoms with van der Waals surface area (Å²) in [6.45, 7) is 4.50. The second-order valence-electron chi connectivity index (χ2n) is 6.58. The Morgan fingerprint density at radius 1 is 1.39 bits per heavy atom. The number of methoxy groups -OCH3 is 1. The molecule has 2 heterocycles. The third-order valence-electron chi connectivity index (χ3n) is 4.78. The van der Waals surface area contributed by atoms with Crippen LogP contribution in [0.3, 0.4) is 0 Å². The number of nitrogens with zero attached hydrogens (tertiary/aromatic N) is 3. The minimum atomic E-state index is 0. The van der Waals surface area contributed by atoms with Crippen molar-refractivity contribution in [3.63, 3.8) is 0 Å². The number of guanidine groups is 1. The largest absolute Gasteiger partial charge is 0.495 e. The monoisotopic (exact) mass is 515 g/mol. The summed E-state index contributed by atoms with van der Waals surface area (Å²) in [5.74, 6) is 1.62. The Labute approximate surface area is 188 Å². The molecule has 0 bridgehead atoms. The van der Waals surface area contributed by atoms with E-state index in [1.807, 2.05) is 30.5 Å². The lowest BCUT2D eigenvalue weighted by molar-refractivity contribution is 0.415. The Kier molecular flexibility index (Phi) is 8.62. The van der Waals surface area contributed by atoms with Crippen LogP contribution in [0.2, 0.25) is 5.02 Å². The number of hydrogen-bond acceptors (Lipinski definition) is 4. The fourth-order valence-electron chi connectivity index (χ4n) is 3.27. The van der Waals surface area contributed by atoms with Gasteiger partial charge in [0.25, 0.3) is 0 Å². The third-order valence-corrected chi connectivity index (χ3v) is 5.01. The number of rotatable bonds is 5. The molecule has 1 aromatic heterocycles. The zero-order valence-corrected chi connectivity index (χ0v) is 19.5. The number of aromatic nitrogens is 1. The number of pyridine rings is 1. The van der Waals surface area contributed by atoms with Crippen molar-refractivity contribution in [2.75, 3.05) is 32.1 Å². The number of ether oxygens (including phenoxy) is 1. The van der Waals surface area contributed by atoms with Crippen molar-refractivity contribution in [3.8, 4) is 5.75 Å². The van der Waals surface area contributed by atoms with E-state index in [0.29, 0.717) is 17.6 Å². The van der Waals surface area contributed by atoms with Gasteiger partial charge in [0.05, 0.1) is 25.0 Å². The number of aryl methyl sites for hydroxylation is 1. The zero-order chi connectivity index (χ0) is 19.2. The lowest BCUT2D eigenvalue weighted by Crippen LogP contribution is -2.44. The SMILES string of the molecule is CN=C(NCc1ncccc1C)NC1CCN(c2cc(Cl)ccc2OC)C1.I. The van der Waals surface area contributed by atoms with Gasteiger partial charge in [0.15, 0.2) is 5.96 Å². The van der Waals surface area contributed by atoms with Crippen molar-refractivity contribution >= 4 is 47.2 Å². The van der Waals surface area contributed by atoms with E-state index in [9.17, 15) is 0 Å². The molecule has 1 saturated heterocycles. The first-order valence-electron chi connectivity index (χ1n) is 9.07. The molecule has 152 valence electrons. The second kappa shape index (κ2) is 10.7. The van der Waals surface area contributed by atoms with E-state index in [1.165, 1.54) is 5.56 Å². The average Bonchev–Trinajstić information content (AvgIpc) is 3.14. The highest BCUT2D eigenvalue weighted by Gasteiger charge is 2.25. The second-order valence-corrected chi connectivity index (χ2v) is 7.02. The highest BCUT2D eigenvalue weighted by atomic mass is 127. The Hall–Kier alpha value is -1.74. The van der Waals surface area contributed by atoms with Crippen LogP contribution in [-0.2, 0) is 6.54 Å². The van der Waals surface area contributed by atoms with Crippen molar-refractivity contribution in [2.45, 2.75) is 25.9 Å². The molecule has 1 aliphatic rings. The molecule has 1 fully saturated rings. The van der Waals surface area contributed by atoms with Gasteiger partial charge in [-0.1, -0.05) is 17.7 Å². The minimum absolute atomic E-state index is 0. The first-order valence-corrected chi connectivity index (χ1v) is 9.44. The van der Waals surface area contributed by atoms with Gasteiger partial charge in [0, 0.05) is 37.4 Å². The predicted octanol–water partition coefficient (Wildman–Crippen LogP) is 3.61. The van der Waals surface area contributed by atoms with Gasteiger partial charge in [-0.3, -0.25) is 9.98 Å². The number of nitrogens with one attached hydrogen (secondary N) is 2. The molecular formula is C20H27ClIN5O. The molecule has 3 rings (SSSR count). The molecular weight excluding hydrogens is 489 g/mol. The molecule has 1 aliphatic heterocycles. The summed E-state index contributed by atoms with van der Waals surface area (Å²) in [5, 5.41) is 7.57.